The van der Waals surface area contributed by atoms with Gasteiger partial charge in [-0.2, -0.15) is 11.8 Å². The summed E-state index contributed by atoms with van der Waals surface area (Å²) < 4.78 is 3.45. The molecule has 0 amide bonds. The third-order valence-corrected chi connectivity index (χ3v) is 7.26. The third-order valence-electron chi connectivity index (χ3n) is 4.96. The molecule has 0 spiro atoms. The number of benzene rings is 3. The van der Waals surface area contributed by atoms with Gasteiger partial charge >= 0.3 is 0 Å². The van der Waals surface area contributed by atoms with Crippen LogP contribution in [0.2, 0.25) is 0 Å². The van der Waals surface area contributed by atoms with Gasteiger partial charge in [0.05, 0.1) is 5.69 Å². The van der Waals surface area contributed by atoms with E-state index in [-0.39, 0.29) is 0 Å². The summed E-state index contributed by atoms with van der Waals surface area (Å²) in [4.78, 5) is 5.90. The number of nitrogens with one attached hydrogen (secondary N) is 2. The number of aromatic nitrogens is 1. The molecule has 0 radical (unpaired) electrons. The van der Waals surface area contributed by atoms with Crippen molar-refractivity contribution in [3.8, 4) is 23.1 Å². The molecule has 6 heteroatoms. The molecule has 0 saturated carbocycles. The van der Waals surface area contributed by atoms with Crippen LogP contribution in [0.3, 0.4) is 0 Å². The van der Waals surface area contributed by atoms with Gasteiger partial charge in [0.25, 0.3) is 0 Å². The lowest BCUT2D eigenvalue weighted by molar-refractivity contribution is 0.837. The average Bonchev–Trinajstić information content (AvgIpc) is 3.35. The van der Waals surface area contributed by atoms with Gasteiger partial charge in [-0.15, -0.1) is 11.3 Å². The first-order valence-electron chi connectivity index (χ1n) is 11.2. The number of rotatable bonds is 10. The van der Waals surface area contributed by atoms with E-state index in [9.17, 15) is 0 Å². The van der Waals surface area contributed by atoms with E-state index in [4.69, 9.17) is 4.98 Å². The fourth-order valence-corrected chi connectivity index (χ4v) is 5.07. The molecular formula is C28H27N3S3. The summed E-state index contributed by atoms with van der Waals surface area (Å²) in [7, 11) is 0. The van der Waals surface area contributed by atoms with E-state index in [0.29, 0.717) is 0 Å². The Balaban J connectivity index is 1.30. The van der Waals surface area contributed by atoms with Crippen LogP contribution in [-0.4, -0.2) is 17.0 Å². The Morgan fingerprint density at radius 3 is 2.56 bits per heavy atom. The highest BCUT2D eigenvalue weighted by molar-refractivity contribution is 8.00. The highest BCUT2D eigenvalue weighted by Crippen LogP contribution is 2.30. The summed E-state index contributed by atoms with van der Waals surface area (Å²) in [6, 6.07) is 26.9. The second-order valence-corrected chi connectivity index (χ2v) is 10.3. The van der Waals surface area contributed by atoms with Crippen molar-refractivity contribution in [2.75, 3.05) is 22.0 Å². The van der Waals surface area contributed by atoms with Gasteiger partial charge in [-0.25, -0.2) is 4.98 Å². The second-order valence-electron chi connectivity index (χ2n) is 7.59. The summed E-state index contributed by atoms with van der Waals surface area (Å²) in [5.41, 5.74) is 5.21. The predicted molar refractivity (Wildman–Crippen MR) is 152 cm³/mol. The van der Waals surface area contributed by atoms with Gasteiger partial charge in [-0.1, -0.05) is 42.2 Å². The Hall–Kier alpha value is -2.85. The highest BCUT2D eigenvalue weighted by Gasteiger charge is 2.06. The molecule has 0 bridgehead atoms. The number of hydrogen-bond acceptors (Lipinski definition) is 6. The fraction of sp³-hybridized carbons (Fsp3) is 0.179. The molecule has 3 aromatic carbocycles. The van der Waals surface area contributed by atoms with Gasteiger partial charge < -0.3 is 10.0 Å². The van der Waals surface area contributed by atoms with Crippen molar-refractivity contribution in [3.05, 3.63) is 89.8 Å². The van der Waals surface area contributed by atoms with Gasteiger partial charge in [-0.3, -0.25) is 0 Å². The third kappa shape index (κ3) is 7.59. The van der Waals surface area contributed by atoms with Crippen LogP contribution in [0.25, 0.3) is 11.3 Å². The van der Waals surface area contributed by atoms with Crippen molar-refractivity contribution in [1.29, 1.82) is 0 Å². The van der Waals surface area contributed by atoms with Crippen LogP contribution in [0.1, 0.15) is 24.8 Å². The van der Waals surface area contributed by atoms with Crippen molar-refractivity contribution < 1.29 is 0 Å². The zero-order valence-corrected chi connectivity index (χ0v) is 21.5. The zero-order chi connectivity index (χ0) is 23.4. The summed E-state index contributed by atoms with van der Waals surface area (Å²) in [5, 5.41) is 6.33. The molecular weight excluding hydrogens is 475 g/mol. The largest absolute Gasteiger partial charge is 0.332 e. The minimum atomic E-state index is 0.886. The van der Waals surface area contributed by atoms with Crippen molar-refractivity contribution in [1.82, 2.24) is 4.98 Å². The molecule has 0 aliphatic carbocycles. The number of unbranched alkanes of at least 4 members (excludes halogenated alkanes) is 2. The molecule has 0 fully saturated rings. The second kappa shape index (κ2) is 13.1. The average molecular weight is 502 g/mol. The number of hydrogen-bond donors (Lipinski definition) is 2. The van der Waals surface area contributed by atoms with Crippen molar-refractivity contribution in [2.45, 2.75) is 24.2 Å². The molecule has 0 atom stereocenters. The molecule has 0 saturated heterocycles. The van der Waals surface area contributed by atoms with Crippen molar-refractivity contribution in [3.63, 3.8) is 0 Å². The van der Waals surface area contributed by atoms with Crippen LogP contribution in [-0.2, 0) is 0 Å². The molecule has 1 heterocycles. The Labute approximate surface area is 214 Å². The van der Waals surface area contributed by atoms with Gasteiger partial charge in [0.15, 0.2) is 5.13 Å². The predicted octanol–water partition coefficient (Wildman–Crippen LogP) is 8.56. The Morgan fingerprint density at radius 1 is 0.912 bits per heavy atom. The van der Waals surface area contributed by atoms with Crippen LogP contribution in [0.15, 0.2) is 89.1 Å². The minimum Gasteiger partial charge on any atom is -0.332 e. The quantitative estimate of drug-likeness (QED) is 0.129. The van der Waals surface area contributed by atoms with Crippen LogP contribution < -0.4 is 10.0 Å². The summed E-state index contributed by atoms with van der Waals surface area (Å²) in [6.07, 6.45) is 5.54. The molecule has 4 aromatic rings. The van der Waals surface area contributed by atoms with E-state index in [1.54, 1.807) is 23.3 Å². The van der Waals surface area contributed by atoms with Gasteiger partial charge in [0, 0.05) is 39.2 Å². The smallest absolute Gasteiger partial charge is 0.187 e. The maximum absolute atomic E-state index is 4.75. The van der Waals surface area contributed by atoms with Crippen molar-refractivity contribution >= 4 is 51.6 Å². The highest BCUT2D eigenvalue weighted by atomic mass is 32.2. The maximum atomic E-state index is 4.75. The normalized spacial score (nSPS) is 10.4. The maximum Gasteiger partial charge on any atom is 0.187 e. The minimum absolute atomic E-state index is 0.886. The first kappa shape index (κ1) is 24.3. The number of nitrogens with zero attached hydrogens (tertiary/aromatic N) is 1. The SMILES string of the molecule is CSCCCCC#Cc1ccc(SNc2cccc(-c3csc(Nc4ccccc4)n3)c2)cc1. The van der Waals surface area contributed by atoms with E-state index in [0.717, 1.165) is 44.6 Å². The zero-order valence-electron chi connectivity index (χ0n) is 19.1. The van der Waals surface area contributed by atoms with Crippen LogP contribution in [0.5, 0.6) is 0 Å². The van der Waals surface area contributed by atoms with Gasteiger partial charge in [0.2, 0.25) is 0 Å². The van der Waals surface area contributed by atoms with Gasteiger partial charge in [0.1, 0.15) is 0 Å². The molecule has 1 aromatic heterocycles. The van der Waals surface area contributed by atoms with E-state index in [2.05, 4.69) is 82.0 Å². The summed E-state index contributed by atoms with van der Waals surface area (Å²) >= 11 is 5.11. The molecule has 3 nitrogen and oxygen atoms in total. The van der Waals surface area contributed by atoms with Crippen LogP contribution >= 0.6 is 35.0 Å². The molecule has 2 N–H and O–H groups in total. The van der Waals surface area contributed by atoms with Gasteiger partial charge in [-0.05, 0) is 85.3 Å². The number of thiazole rings is 1. The molecule has 4 rings (SSSR count). The molecule has 172 valence electrons. The lowest BCUT2D eigenvalue weighted by Gasteiger charge is -2.07. The van der Waals surface area contributed by atoms with Crippen LogP contribution in [0, 0.1) is 11.8 Å². The number of para-hydroxylation sites is 1. The topological polar surface area (TPSA) is 37.0 Å². The Morgan fingerprint density at radius 2 is 1.74 bits per heavy atom. The molecule has 0 aliphatic rings. The molecule has 0 aliphatic heterocycles. The van der Waals surface area contributed by atoms with Crippen molar-refractivity contribution in [2.24, 2.45) is 0 Å². The summed E-state index contributed by atoms with van der Waals surface area (Å²) in [5.74, 6) is 7.77. The lowest BCUT2D eigenvalue weighted by Crippen LogP contribution is -1.90. The molecule has 34 heavy (non-hydrogen) atoms. The van der Waals surface area contributed by atoms with Crippen LogP contribution in [0.4, 0.5) is 16.5 Å². The number of thioether (sulfide) groups is 1. The monoisotopic (exact) mass is 501 g/mol. The first-order valence-corrected chi connectivity index (χ1v) is 14.3. The van der Waals surface area contributed by atoms with E-state index >= 15 is 0 Å². The van der Waals surface area contributed by atoms with E-state index < -0.39 is 0 Å². The molecule has 0 unspecified atom stereocenters. The Bertz CT molecular complexity index is 1220. The fourth-order valence-electron chi connectivity index (χ4n) is 3.20. The number of anilines is 3. The van der Waals surface area contributed by atoms with E-state index in [1.165, 1.54) is 18.6 Å². The lowest BCUT2D eigenvalue weighted by atomic mass is 10.1. The van der Waals surface area contributed by atoms with E-state index in [1.807, 2.05) is 42.1 Å². The summed E-state index contributed by atoms with van der Waals surface area (Å²) in [6.45, 7) is 0. The first-order chi connectivity index (χ1) is 16.8. The standard InChI is InChI=1S/C28H27N3S3/c1-32-19-8-3-2-5-10-22-15-17-26(18-16-22)34-31-25-14-9-11-23(20-25)27-21-33-28(30-27)29-24-12-6-4-7-13-24/h4,6-7,9,11-18,20-21,31H,2-3,8,19H2,1H3,(H,29,30). The Kier molecular flexibility index (Phi) is 9.39.